The molecule has 0 bridgehead atoms. The number of anilines is 3. The van der Waals surface area contributed by atoms with Gasteiger partial charge in [0, 0.05) is 43.2 Å². The van der Waals surface area contributed by atoms with Crippen LogP contribution in [0.4, 0.5) is 17.3 Å². The number of fused-ring (bicyclic) bond motifs is 2. The number of hydrogen-bond donors (Lipinski definition) is 3. The highest BCUT2D eigenvalue weighted by Gasteiger charge is 2.55. The van der Waals surface area contributed by atoms with E-state index < -0.39 is 0 Å². The van der Waals surface area contributed by atoms with Gasteiger partial charge in [-0.1, -0.05) is 0 Å². The lowest BCUT2D eigenvalue weighted by atomic mass is 9.93. The molecule has 3 aliphatic rings. The van der Waals surface area contributed by atoms with Gasteiger partial charge in [-0.25, -0.2) is 4.98 Å². The molecule has 1 aliphatic heterocycles. The summed E-state index contributed by atoms with van der Waals surface area (Å²) < 4.78 is 8.85. The van der Waals surface area contributed by atoms with Crippen LogP contribution < -0.4 is 21.5 Å². The molecule has 3 aromatic heterocycles. The van der Waals surface area contributed by atoms with Gasteiger partial charge >= 0.3 is 0 Å². The standard InChI is InChI=1S/C22H25N7O3/c1-23-18-8-17(27-20-13(9-24-29(18)20)21(30)25-12-4-2-5-12)26-16-6-3-7-28(22(16)31)19-14-10-32-11-15(14)19/h3,6-9,12,14-15,19,23H,2,4-5,10-11H2,1H3,(H,25,30)(H,26,27)/t14-,15+,19?. The van der Waals surface area contributed by atoms with Crippen LogP contribution in [0.2, 0.25) is 0 Å². The Balaban J connectivity index is 1.32. The maximum Gasteiger partial charge on any atom is 0.274 e. The topological polar surface area (TPSA) is 115 Å². The van der Waals surface area contributed by atoms with E-state index in [0.29, 0.717) is 40.4 Å². The third kappa shape index (κ3) is 3.05. The van der Waals surface area contributed by atoms with E-state index in [-0.39, 0.29) is 23.6 Å². The molecule has 1 amide bonds. The number of pyridine rings is 1. The van der Waals surface area contributed by atoms with Gasteiger partial charge in [-0.2, -0.15) is 9.61 Å². The number of nitrogens with zero attached hydrogens (tertiary/aromatic N) is 4. The van der Waals surface area contributed by atoms with Crippen molar-refractivity contribution in [2.45, 2.75) is 31.3 Å². The van der Waals surface area contributed by atoms with Crippen molar-refractivity contribution in [3.05, 3.63) is 46.5 Å². The molecule has 10 heteroatoms. The van der Waals surface area contributed by atoms with Crippen LogP contribution in [0.3, 0.4) is 0 Å². The minimum atomic E-state index is -0.180. The van der Waals surface area contributed by atoms with Crippen molar-refractivity contribution in [3.8, 4) is 0 Å². The SMILES string of the molecule is CNc1cc(Nc2cccn(C3[C@H]4COC[C@@H]34)c2=O)nc2c(C(=O)NC3CCC3)cnn12. The Hall–Kier alpha value is -3.40. The van der Waals surface area contributed by atoms with Crippen LogP contribution in [0.5, 0.6) is 0 Å². The third-order valence-electron chi connectivity index (χ3n) is 6.88. The van der Waals surface area contributed by atoms with Crippen molar-refractivity contribution in [2.24, 2.45) is 11.8 Å². The molecule has 1 unspecified atom stereocenters. The first-order valence-electron chi connectivity index (χ1n) is 11.1. The smallest absolute Gasteiger partial charge is 0.274 e. The zero-order valence-electron chi connectivity index (χ0n) is 17.7. The lowest BCUT2D eigenvalue weighted by Gasteiger charge is -2.26. The largest absolute Gasteiger partial charge is 0.381 e. The lowest BCUT2D eigenvalue weighted by molar-refractivity contribution is 0.0918. The highest BCUT2D eigenvalue weighted by atomic mass is 16.5. The quantitative estimate of drug-likeness (QED) is 0.541. The van der Waals surface area contributed by atoms with Crippen LogP contribution in [0.1, 0.15) is 35.7 Å². The van der Waals surface area contributed by atoms with E-state index in [2.05, 4.69) is 26.0 Å². The van der Waals surface area contributed by atoms with E-state index in [1.165, 1.54) is 6.20 Å². The van der Waals surface area contributed by atoms with E-state index in [4.69, 9.17) is 4.74 Å². The van der Waals surface area contributed by atoms with Gasteiger partial charge in [0.2, 0.25) is 0 Å². The van der Waals surface area contributed by atoms with E-state index in [9.17, 15) is 9.59 Å². The molecule has 2 aliphatic carbocycles. The first-order chi connectivity index (χ1) is 15.6. The number of hydrogen-bond acceptors (Lipinski definition) is 7. The average molecular weight is 435 g/mol. The molecule has 0 aromatic carbocycles. The average Bonchev–Trinajstić information content (AvgIpc) is 3.09. The van der Waals surface area contributed by atoms with Crippen molar-refractivity contribution in [3.63, 3.8) is 0 Å². The summed E-state index contributed by atoms with van der Waals surface area (Å²) in [7, 11) is 1.78. The fraction of sp³-hybridized carbons (Fsp3) is 0.455. The molecule has 10 nitrogen and oxygen atoms in total. The molecule has 3 aromatic rings. The molecule has 0 spiro atoms. The van der Waals surface area contributed by atoms with Gasteiger partial charge in [-0.3, -0.25) is 9.59 Å². The zero-order chi connectivity index (χ0) is 21.8. The number of amides is 1. The van der Waals surface area contributed by atoms with Gasteiger partial charge < -0.3 is 25.3 Å². The molecule has 6 rings (SSSR count). The van der Waals surface area contributed by atoms with Crippen LogP contribution in [-0.2, 0) is 4.74 Å². The highest BCUT2D eigenvalue weighted by molar-refractivity contribution is 6.00. The van der Waals surface area contributed by atoms with E-state index in [1.54, 1.807) is 28.3 Å². The molecular formula is C22H25N7O3. The number of carbonyl (C=O) groups is 1. The Bertz CT molecular complexity index is 1250. The molecule has 3 atom stereocenters. The van der Waals surface area contributed by atoms with Crippen molar-refractivity contribution in [1.29, 1.82) is 0 Å². The lowest BCUT2D eigenvalue weighted by Crippen LogP contribution is -2.39. The highest BCUT2D eigenvalue weighted by Crippen LogP contribution is 2.53. The third-order valence-corrected chi connectivity index (χ3v) is 6.88. The molecule has 166 valence electrons. The van der Waals surface area contributed by atoms with Crippen LogP contribution in [-0.4, -0.2) is 51.4 Å². The number of aromatic nitrogens is 4. The Morgan fingerprint density at radius 3 is 2.78 bits per heavy atom. The molecule has 3 fully saturated rings. The van der Waals surface area contributed by atoms with Crippen molar-refractivity contribution < 1.29 is 9.53 Å². The Labute approximate surface area is 184 Å². The van der Waals surface area contributed by atoms with Crippen LogP contribution in [0, 0.1) is 11.8 Å². The Kier molecular flexibility index (Phi) is 4.42. The van der Waals surface area contributed by atoms with Crippen molar-refractivity contribution >= 4 is 28.9 Å². The maximum absolute atomic E-state index is 13.1. The normalized spacial score (nSPS) is 24.1. The van der Waals surface area contributed by atoms with Crippen LogP contribution in [0.25, 0.3) is 5.65 Å². The summed E-state index contributed by atoms with van der Waals surface area (Å²) in [5.74, 6) is 1.80. The molecule has 1 saturated heterocycles. The summed E-state index contributed by atoms with van der Waals surface area (Å²) in [6.45, 7) is 1.44. The molecule has 2 saturated carbocycles. The zero-order valence-corrected chi connectivity index (χ0v) is 17.7. The first-order valence-corrected chi connectivity index (χ1v) is 11.1. The maximum atomic E-state index is 13.1. The predicted molar refractivity (Wildman–Crippen MR) is 118 cm³/mol. The molecule has 4 heterocycles. The van der Waals surface area contributed by atoms with Gasteiger partial charge in [-0.15, -0.1) is 0 Å². The Morgan fingerprint density at radius 2 is 2.06 bits per heavy atom. The van der Waals surface area contributed by atoms with E-state index in [0.717, 1.165) is 32.5 Å². The summed E-state index contributed by atoms with van der Waals surface area (Å²) >= 11 is 0. The summed E-state index contributed by atoms with van der Waals surface area (Å²) in [6.07, 6.45) is 6.51. The van der Waals surface area contributed by atoms with E-state index >= 15 is 0 Å². The fourth-order valence-electron chi connectivity index (χ4n) is 4.78. The first kappa shape index (κ1) is 19.3. The van der Waals surface area contributed by atoms with Crippen molar-refractivity contribution in [2.75, 3.05) is 30.9 Å². The van der Waals surface area contributed by atoms with Gasteiger partial charge in [0.1, 0.15) is 22.9 Å². The Morgan fingerprint density at radius 1 is 1.25 bits per heavy atom. The number of rotatable bonds is 6. The summed E-state index contributed by atoms with van der Waals surface area (Å²) in [6, 6.07) is 5.81. The summed E-state index contributed by atoms with van der Waals surface area (Å²) in [5.41, 5.74) is 1.20. The summed E-state index contributed by atoms with van der Waals surface area (Å²) in [5, 5.41) is 13.6. The fourth-order valence-corrected chi connectivity index (χ4v) is 4.78. The molecule has 0 radical (unpaired) electrons. The number of carbonyl (C=O) groups excluding carboxylic acids is 1. The monoisotopic (exact) mass is 435 g/mol. The van der Waals surface area contributed by atoms with Crippen LogP contribution >= 0.6 is 0 Å². The second-order valence-corrected chi connectivity index (χ2v) is 8.79. The molecular weight excluding hydrogens is 410 g/mol. The van der Waals surface area contributed by atoms with Gasteiger partial charge in [0.15, 0.2) is 5.65 Å². The molecule has 3 N–H and O–H groups in total. The van der Waals surface area contributed by atoms with Gasteiger partial charge in [0.05, 0.1) is 19.4 Å². The summed E-state index contributed by atoms with van der Waals surface area (Å²) in [4.78, 5) is 30.5. The van der Waals surface area contributed by atoms with Gasteiger partial charge in [0.25, 0.3) is 11.5 Å². The second kappa shape index (κ2) is 7.33. The predicted octanol–water partition coefficient (Wildman–Crippen LogP) is 1.78. The van der Waals surface area contributed by atoms with Crippen molar-refractivity contribution in [1.82, 2.24) is 24.5 Å². The number of ether oxygens (including phenoxy) is 1. The molecule has 32 heavy (non-hydrogen) atoms. The second-order valence-electron chi connectivity index (χ2n) is 8.79. The minimum absolute atomic E-state index is 0.0870. The van der Waals surface area contributed by atoms with E-state index in [1.807, 2.05) is 12.3 Å². The number of nitrogens with one attached hydrogen (secondary N) is 3. The minimum Gasteiger partial charge on any atom is -0.381 e. The van der Waals surface area contributed by atoms with Crippen LogP contribution in [0.15, 0.2) is 35.4 Å². The van der Waals surface area contributed by atoms with Gasteiger partial charge in [-0.05, 0) is 31.4 Å².